The van der Waals surface area contributed by atoms with Gasteiger partial charge in [0.15, 0.2) is 0 Å². The predicted octanol–water partition coefficient (Wildman–Crippen LogP) is 5.73. The number of aromatic nitrogens is 2. The van der Waals surface area contributed by atoms with Crippen molar-refractivity contribution < 1.29 is 14.5 Å². The van der Waals surface area contributed by atoms with Crippen molar-refractivity contribution in [3.63, 3.8) is 0 Å². The monoisotopic (exact) mass is 567 g/mol. The number of ether oxygens (including phenoxy) is 1. The van der Waals surface area contributed by atoms with Crippen molar-refractivity contribution in [3.8, 4) is 22.4 Å². The topological polar surface area (TPSA) is 93.2 Å². The number of non-ortho nitro benzene ring substituents is 1. The van der Waals surface area contributed by atoms with Crippen molar-refractivity contribution in [1.82, 2.24) is 19.2 Å². The van der Waals surface area contributed by atoms with Crippen molar-refractivity contribution in [2.45, 2.75) is 45.3 Å². The van der Waals surface area contributed by atoms with Crippen LogP contribution in [0.3, 0.4) is 0 Å². The molecular weight excluding hydrogens is 530 g/mol. The number of methoxy groups -OCH3 is 1. The molecule has 2 aromatic carbocycles. The molecule has 0 spiro atoms. The predicted molar refractivity (Wildman–Crippen MR) is 162 cm³/mol. The van der Waals surface area contributed by atoms with E-state index in [-0.39, 0.29) is 28.5 Å². The summed E-state index contributed by atoms with van der Waals surface area (Å²) in [7, 11) is 1.74. The smallest absolute Gasteiger partial charge is 0.270 e. The largest absolute Gasteiger partial charge is 0.381 e. The van der Waals surface area contributed by atoms with E-state index in [4.69, 9.17) is 9.72 Å². The molecule has 9 nitrogen and oxygen atoms in total. The number of nitro benzene ring substituents is 1. The summed E-state index contributed by atoms with van der Waals surface area (Å²) in [5, 5.41) is 11.6. The first-order chi connectivity index (χ1) is 20.4. The molecular formula is C33H37N5O4. The zero-order chi connectivity index (χ0) is 29.2. The Labute approximate surface area is 245 Å². The second kappa shape index (κ2) is 12.0. The molecule has 0 bridgehead atoms. The molecule has 4 aromatic rings. The molecule has 2 unspecified atom stereocenters. The summed E-state index contributed by atoms with van der Waals surface area (Å²) in [4.78, 5) is 33.8. The number of hydrogen-bond acceptors (Lipinski definition) is 6. The van der Waals surface area contributed by atoms with Gasteiger partial charge in [-0.25, -0.2) is 4.98 Å². The van der Waals surface area contributed by atoms with Crippen LogP contribution in [0.1, 0.15) is 36.9 Å². The maximum absolute atomic E-state index is 13.3. The maximum Gasteiger partial charge on any atom is 0.270 e. The molecule has 9 heteroatoms. The zero-order valence-electron chi connectivity index (χ0n) is 24.2. The van der Waals surface area contributed by atoms with Gasteiger partial charge in [0, 0.05) is 69.6 Å². The first kappa shape index (κ1) is 28.1. The van der Waals surface area contributed by atoms with E-state index in [9.17, 15) is 14.9 Å². The Kier molecular flexibility index (Phi) is 8.04. The fourth-order valence-corrected chi connectivity index (χ4v) is 6.42. The Morgan fingerprint density at radius 2 is 1.79 bits per heavy atom. The summed E-state index contributed by atoms with van der Waals surface area (Å²) < 4.78 is 7.68. The number of benzene rings is 2. The van der Waals surface area contributed by atoms with Gasteiger partial charge in [0.2, 0.25) is 5.91 Å². The normalized spacial score (nSPS) is 19.7. The van der Waals surface area contributed by atoms with E-state index >= 15 is 0 Å². The number of pyridine rings is 1. The van der Waals surface area contributed by atoms with Crippen LogP contribution in [0.5, 0.6) is 0 Å². The van der Waals surface area contributed by atoms with Gasteiger partial charge in [-0.2, -0.15) is 0 Å². The average molecular weight is 568 g/mol. The fourth-order valence-electron chi connectivity index (χ4n) is 6.42. The second-order valence-corrected chi connectivity index (χ2v) is 11.6. The molecule has 0 N–H and O–H groups in total. The lowest BCUT2D eigenvalue weighted by Gasteiger charge is -2.38. The molecule has 42 heavy (non-hydrogen) atoms. The molecule has 1 amide bonds. The number of hydrogen-bond donors (Lipinski definition) is 0. The van der Waals surface area contributed by atoms with Crippen molar-refractivity contribution in [2.24, 2.45) is 5.92 Å². The number of piperazine rings is 1. The van der Waals surface area contributed by atoms with Gasteiger partial charge >= 0.3 is 0 Å². The molecule has 2 aromatic heterocycles. The van der Waals surface area contributed by atoms with Gasteiger partial charge in [0.25, 0.3) is 5.69 Å². The van der Waals surface area contributed by atoms with Gasteiger partial charge < -0.3 is 14.0 Å². The van der Waals surface area contributed by atoms with E-state index in [2.05, 4.69) is 52.8 Å². The summed E-state index contributed by atoms with van der Waals surface area (Å²) in [6.07, 6.45) is 6.12. The van der Waals surface area contributed by atoms with E-state index in [1.807, 2.05) is 17.0 Å². The molecule has 2 atom stereocenters. The van der Waals surface area contributed by atoms with Crippen molar-refractivity contribution >= 4 is 17.2 Å². The number of amides is 1. The van der Waals surface area contributed by atoms with Crippen LogP contribution in [0, 0.1) is 23.0 Å². The lowest BCUT2D eigenvalue weighted by molar-refractivity contribution is -0.384. The molecule has 3 heterocycles. The van der Waals surface area contributed by atoms with Gasteiger partial charge in [-0.15, -0.1) is 0 Å². The number of imidazole rings is 1. The van der Waals surface area contributed by atoms with E-state index in [0.29, 0.717) is 19.6 Å². The number of aryl methyl sites for hydroxylation is 1. The van der Waals surface area contributed by atoms with Gasteiger partial charge in [-0.1, -0.05) is 48.4 Å². The van der Waals surface area contributed by atoms with Crippen LogP contribution in [0.2, 0.25) is 0 Å². The third-order valence-corrected chi connectivity index (χ3v) is 8.77. The van der Waals surface area contributed by atoms with Crippen LogP contribution in [0.4, 0.5) is 5.69 Å². The number of nitrogens with zero attached hydrogens (tertiary/aromatic N) is 5. The third-order valence-electron chi connectivity index (χ3n) is 8.77. The minimum Gasteiger partial charge on any atom is -0.381 e. The van der Waals surface area contributed by atoms with Crippen LogP contribution in [0.15, 0.2) is 66.9 Å². The zero-order valence-corrected chi connectivity index (χ0v) is 24.2. The van der Waals surface area contributed by atoms with Crippen LogP contribution < -0.4 is 0 Å². The molecule has 1 aliphatic heterocycles. The highest BCUT2D eigenvalue weighted by Crippen LogP contribution is 2.32. The quantitative estimate of drug-likeness (QED) is 0.209. The Hall–Kier alpha value is -4.08. The van der Waals surface area contributed by atoms with Crippen LogP contribution >= 0.6 is 0 Å². The summed E-state index contributed by atoms with van der Waals surface area (Å²) in [6, 6.07) is 19.2. The van der Waals surface area contributed by atoms with Crippen molar-refractivity contribution in [3.05, 3.63) is 88.2 Å². The first-order valence-corrected chi connectivity index (χ1v) is 14.8. The number of fused-ring (bicyclic) bond motifs is 1. The van der Waals surface area contributed by atoms with Crippen molar-refractivity contribution in [2.75, 3.05) is 33.3 Å². The minimum atomic E-state index is -0.369. The number of rotatable bonds is 7. The minimum absolute atomic E-state index is 0.0431. The number of nitro groups is 1. The fraction of sp³-hybridized carbons (Fsp3) is 0.394. The molecule has 1 saturated heterocycles. The second-order valence-electron chi connectivity index (χ2n) is 11.6. The number of carbonyl (C=O) groups excluding carboxylic acids is 1. The van der Waals surface area contributed by atoms with Crippen LogP contribution in [0.25, 0.3) is 28.0 Å². The first-order valence-electron chi connectivity index (χ1n) is 14.8. The highest BCUT2D eigenvalue weighted by Gasteiger charge is 2.32. The van der Waals surface area contributed by atoms with Gasteiger partial charge in [0.1, 0.15) is 5.65 Å². The van der Waals surface area contributed by atoms with E-state index < -0.39 is 0 Å². The third kappa shape index (κ3) is 5.80. The molecule has 2 aliphatic rings. The lowest BCUT2D eigenvalue weighted by atomic mass is 9.86. The van der Waals surface area contributed by atoms with Crippen LogP contribution in [-0.2, 0) is 16.1 Å². The summed E-state index contributed by atoms with van der Waals surface area (Å²) >= 11 is 0. The SMILES string of the molecule is COC1CCCC(C(=O)N2CCN(Cc3c(-c4cccc([N+](=O)[O-])c4)nc4ccc(-c5cccc(C)c5)cn34)CC2)C1. The van der Waals surface area contributed by atoms with Crippen LogP contribution in [-0.4, -0.2) is 69.4 Å². The van der Waals surface area contributed by atoms with E-state index in [0.717, 1.165) is 72.5 Å². The average Bonchev–Trinajstić information content (AvgIpc) is 3.38. The molecule has 6 rings (SSSR count). The molecule has 2 fully saturated rings. The molecule has 1 aliphatic carbocycles. The summed E-state index contributed by atoms with van der Waals surface area (Å²) in [5.74, 6) is 0.306. The molecule has 1 saturated carbocycles. The highest BCUT2D eigenvalue weighted by atomic mass is 16.6. The lowest BCUT2D eigenvalue weighted by Crippen LogP contribution is -2.50. The Balaban J connectivity index is 1.28. The van der Waals surface area contributed by atoms with E-state index in [1.54, 1.807) is 19.2 Å². The summed E-state index contributed by atoms with van der Waals surface area (Å²) in [6.45, 7) is 5.58. The number of carbonyl (C=O) groups is 1. The Morgan fingerprint density at radius 1 is 1.00 bits per heavy atom. The Bertz CT molecular complexity index is 1610. The molecule has 0 radical (unpaired) electrons. The molecule has 218 valence electrons. The standard InChI is InChI=1S/C33H37N5O4/c1-23-6-3-7-24(18-23)27-12-13-31-34-32(25-8-4-10-28(19-25)38(40)41)30(37(31)21-27)22-35-14-16-36(17-15-35)33(39)26-9-5-11-29(20-26)42-2/h3-4,6-8,10,12-13,18-19,21,26,29H,5,9,11,14-17,20,22H2,1-2H3. The Morgan fingerprint density at radius 3 is 2.55 bits per heavy atom. The van der Waals surface area contributed by atoms with E-state index in [1.165, 1.54) is 11.6 Å². The van der Waals surface area contributed by atoms with Gasteiger partial charge in [0.05, 0.1) is 22.4 Å². The highest BCUT2D eigenvalue weighted by molar-refractivity contribution is 5.79. The maximum atomic E-state index is 13.3. The van der Waals surface area contributed by atoms with Gasteiger partial charge in [-0.3, -0.25) is 19.8 Å². The van der Waals surface area contributed by atoms with Gasteiger partial charge in [-0.05, 0) is 49.4 Å². The summed E-state index contributed by atoms with van der Waals surface area (Å²) in [5.41, 5.74) is 6.67. The van der Waals surface area contributed by atoms with Crippen molar-refractivity contribution in [1.29, 1.82) is 0 Å².